The molecule has 0 heterocycles. The van der Waals surface area contributed by atoms with Crippen molar-refractivity contribution in [3.05, 3.63) is 63.6 Å². The van der Waals surface area contributed by atoms with Crippen LogP contribution in [0.15, 0.2) is 42.5 Å². The van der Waals surface area contributed by atoms with Gasteiger partial charge in [-0.15, -0.1) is 0 Å². The summed E-state index contributed by atoms with van der Waals surface area (Å²) in [6.45, 7) is 6.92. The first-order chi connectivity index (χ1) is 18.3. The Morgan fingerprint density at radius 3 is 2.32 bits per heavy atom. The van der Waals surface area contributed by atoms with Gasteiger partial charge in [0.1, 0.15) is 12.4 Å². The predicted molar refractivity (Wildman–Crippen MR) is 149 cm³/mol. The number of aliphatic carboxylic acids is 1. The number of carboxylic acids is 1. The highest BCUT2D eigenvalue weighted by Crippen LogP contribution is 2.19. The number of amides is 2. The number of benzene rings is 2. The predicted octanol–water partition coefficient (Wildman–Crippen LogP) is 5.82. The molecule has 0 bridgehead atoms. The average molecular weight is 570 g/mol. The van der Waals surface area contributed by atoms with E-state index in [4.69, 9.17) is 37.4 Å². The molecular weight excluding hydrogens is 531 g/mol. The Hall–Kier alpha value is -2.52. The number of rotatable bonds is 18. The van der Waals surface area contributed by atoms with Crippen molar-refractivity contribution in [2.45, 2.75) is 52.2 Å². The minimum Gasteiger partial charge on any atom is -0.492 e. The number of ether oxygens (including phenoxy) is 3. The Balaban J connectivity index is 1.82. The van der Waals surface area contributed by atoms with Crippen LogP contribution in [0.4, 0.5) is 4.79 Å². The Bertz CT molecular complexity index is 970. The first-order valence-corrected chi connectivity index (χ1v) is 13.7. The van der Waals surface area contributed by atoms with Gasteiger partial charge in [-0.2, -0.15) is 0 Å². The summed E-state index contributed by atoms with van der Waals surface area (Å²) in [6.07, 6.45) is 1.98. The van der Waals surface area contributed by atoms with E-state index in [0.29, 0.717) is 68.3 Å². The van der Waals surface area contributed by atoms with Gasteiger partial charge in [-0.05, 0) is 61.2 Å². The topological polar surface area (TPSA) is 97.3 Å². The summed E-state index contributed by atoms with van der Waals surface area (Å²) in [4.78, 5) is 25.7. The lowest BCUT2D eigenvalue weighted by atomic mass is 10.1. The largest absolute Gasteiger partial charge is 0.492 e. The number of carboxylic acid groups (broad SMARTS) is 1. The molecule has 1 unspecified atom stereocenters. The summed E-state index contributed by atoms with van der Waals surface area (Å²) < 4.78 is 16.9. The van der Waals surface area contributed by atoms with Crippen LogP contribution in [0.2, 0.25) is 10.0 Å². The van der Waals surface area contributed by atoms with Gasteiger partial charge in [-0.3, -0.25) is 0 Å². The number of hydrogen-bond acceptors (Lipinski definition) is 5. The van der Waals surface area contributed by atoms with Crippen LogP contribution in [0.25, 0.3) is 0 Å². The normalized spacial score (nSPS) is 11.7. The molecule has 8 nitrogen and oxygen atoms in total. The van der Waals surface area contributed by atoms with Crippen molar-refractivity contribution in [3.8, 4) is 5.75 Å². The molecule has 2 N–H and O–H groups in total. The Kier molecular flexibility index (Phi) is 14.9. The van der Waals surface area contributed by atoms with Gasteiger partial charge in [0.15, 0.2) is 6.10 Å². The van der Waals surface area contributed by atoms with Gasteiger partial charge in [-0.1, -0.05) is 48.7 Å². The third-order valence-corrected chi connectivity index (χ3v) is 6.06. The molecule has 0 saturated carbocycles. The van der Waals surface area contributed by atoms with Gasteiger partial charge < -0.3 is 29.5 Å². The second-order valence-corrected chi connectivity index (χ2v) is 9.61. The maximum atomic E-state index is 12.7. The van der Waals surface area contributed by atoms with Crippen molar-refractivity contribution in [2.75, 3.05) is 39.5 Å². The van der Waals surface area contributed by atoms with E-state index >= 15 is 0 Å². The van der Waals surface area contributed by atoms with E-state index in [9.17, 15) is 14.7 Å². The number of nitrogens with one attached hydrogen (secondary N) is 1. The Labute approximate surface area is 235 Å². The van der Waals surface area contributed by atoms with E-state index in [1.54, 1.807) is 30.0 Å². The average Bonchev–Trinajstić information content (AvgIpc) is 2.87. The zero-order valence-corrected chi connectivity index (χ0v) is 23.6. The van der Waals surface area contributed by atoms with Crippen molar-refractivity contribution < 1.29 is 28.9 Å². The molecule has 0 aliphatic heterocycles. The van der Waals surface area contributed by atoms with Gasteiger partial charge in [0.2, 0.25) is 0 Å². The van der Waals surface area contributed by atoms with Crippen LogP contribution in [-0.4, -0.2) is 67.6 Å². The zero-order chi connectivity index (χ0) is 27.8. The molecular formula is C28H38Cl2N2O6. The van der Waals surface area contributed by atoms with Crippen LogP contribution in [0.1, 0.15) is 44.2 Å². The number of unbranched alkanes of at least 4 members (excludes halogenated alkanes) is 1. The lowest BCUT2D eigenvalue weighted by Crippen LogP contribution is -2.43. The van der Waals surface area contributed by atoms with Crippen LogP contribution in [-0.2, 0) is 27.3 Å². The van der Waals surface area contributed by atoms with Gasteiger partial charge in [0.05, 0.1) is 13.2 Å². The van der Waals surface area contributed by atoms with Crippen LogP contribution >= 0.6 is 23.2 Å². The maximum Gasteiger partial charge on any atom is 0.333 e. The number of urea groups is 1. The maximum absolute atomic E-state index is 12.7. The number of carbonyl (C=O) groups excluding carboxylic acids is 1. The van der Waals surface area contributed by atoms with Crippen LogP contribution in [0, 0.1) is 0 Å². The molecule has 2 aromatic carbocycles. The van der Waals surface area contributed by atoms with Crippen molar-refractivity contribution in [1.82, 2.24) is 10.2 Å². The fourth-order valence-corrected chi connectivity index (χ4v) is 4.24. The van der Waals surface area contributed by atoms with E-state index < -0.39 is 12.1 Å². The van der Waals surface area contributed by atoms with E-state index in [0.717, 1.165) is 24.0 Å². The molecule has 0 aromatic heterocycles. The third kappa shape index (κ3) is 12.3. The van der Waals surface area contributed by atoms with Crippen molar-refractivity contribution in [1.29, 1.82) is 0 Å². The van der Waals surface area contributed by atoms with Gasteiger partial charge >= 0.3 is 12.0 Å². The van der Waals surface area contributed by atoms with Gasteiger partial charge in [-0.25, -0.2) is 9.59 Å². The summed E-state index contributed by atoms with van der Waals surface area (Å²) in [7, 11) is 0. The van der Waals surface area contributed by atoms with E-state index in [1.807, 2.05) is 24.3 Å². The summed E-state index contributed by atoms with van der Waals surface area (Å²) in [6, 6.07) is 12.4. The van der Waals surface area contributed by atoms with Crippen molar-refractivity contribution in [3.63, 3.8) is 0 Å². The molecule has 1 atom stereocenters. The minimum atomic E-state index is -0.983. The summed E-state index contributed by atoms with van der Waals surface area (Å²) in [5, 5.41) is 13.3. The van der Waals surface area contributed by atoms with Gasteiger partial charge in [0.25, 0.3) is 0 Å². The first-order valence-electron chi connectivity index (χ1n) is 12.9. The Morgan fingerprint density at radius 2 is 1.68 bits per heavy atom. The monoisotopic (exact) mass is 568 g/mol. The number of halogens is 2. The number of carbonyl (C=O) groups is 2. The van der Waals surface area contributed by atoms with E-state index in [1.165, 1.54) is 0 Å². The smallest absolute Gasteiger partial charge is 0.333 e. The molecule has 0 aliphatic carbocycles. The van der Waals surface area contributed by atoms with Crippen molar-refractivity contribution in [2.24, 2.45) is 0 Å². The van der Waals surface area contributed by atoms with E-state index in [-0.39, 0.29) is 12.5 Å². The third-order valence-electron chi connectivity index (χ3n) is 5.62. The lowest BCUT2D eigenvalue weighted by Gasteiger charge is -2.23. The molecule has 0 fully saturated rings. The standard InChI is InChI=1S/C28H38Cl2N2O6/c1-3-5-11-31-28(35)32(12-6-14-36-20-22-16-23(29)19-24(30)17-22)13-15-38-25-9-7-21(8-10-25)18-26(27(33)34)37-4-2/h7-10,16-17,19,26H,3-6,11-15,18,20H2,1-2H3,(H,31,35)(H,33,34). The molecule has 2 aromatic rings. The highest BCUT2D eigenvalue weighted by Gasteiger charge is 2.18. The fourth-order valence-electron chi connectivity index (χ4n) is 3.67. The second kappa shape index (κ2) is 17.9. The number of hydrogen-bond donors (Lipinski definition) is 2. The molecule has 0 saturated heterocycles. The quantitative estimate of drug-likeness (QED) is 0.220. The Morgan fingerprint density at radius 1 is 0.974 bits per heavy atom. The minimum absolute atomic E-state index is 0.130. The number of nitrogens with zero attached hydrogens (tertiary/aromatic N) is 1. The molecule has 38 heavy (non-hydrogen) atoms. The molecule has 2 amide bonds. The summed E-state index contributed by atoms with van der Waals surface area (Å²) >= 11 is 12.1. The van der Waals surface area contributed by atoms with Crippen LogP contribution < -0.4 is 10.1 Å². The molecule has 10 heteroatoms. The molecule has 0 radical (unpaired) electrons. The highest BCUT2D eigenvalue weighted by atomic mass is 35.5. The summed E-state index contributed by atoms with van der Waals surface area (Å²) in [5.74, 6) is -0.337. The van der Waals surface area contributed by atoms with Gasteiger partial charge in [0, 0.05) is 42.8 Å². The molecule has 2 rings (SSSR count). The van der Waals surface area contributed by atoms with E-state index in [2.05, 4.69) is 12.2 Å². The zero-order valence-electron chi connectivity index (χ0n) is 22.1. The molecule has 0 spiro atoms. The molecule has 0 aliphatic rings. The SMILES string of the molecule is CCCCNC(=O)N(CCCOCc1cc(Cl)cc(Cl)c1)CCOc1ccc(CC(OCC)C(=O)O)cc1. The lowest BCUT2D eigenvalue weighted by molar-refractivity contribution is -0.149. The second-order valence-electron chi connectivity index (χ2n) is 8.74. The molecule has 210 valence electrons. The van der Waals surface area contributed by atoms with Crippen LogP contribution in [0.3, 0.4) is 0 Å². The fraction of sp³-hybridized carbons (Fsp3) is 0.500. The van der Waals surface area contributed by atoms with Crippen LogP contribution in [0.5, 0.6) is 5.75 Å². The van der Waals surface area contributed by atoms with Crippen molar-refractivity contribution >= 4 is 35.2 Å². The summed E-state index contributed by atoms with van der Waals surface area (Å²) in [5.41, 5.74) is 1.74. The first kappa shape index (κ1) is 31.7. The highest BCUT2D eigenvalue weighted by molar-refractivity contribution is 6.34.